The van der Waals surface area contributed by atoms with Gasteiger partial charge in [0.15, 0.2) is 0 Å². The highest BCUT2D eigenvalue weighted by molar-refractivity contribution is 7.99. The Bertz CT molecular complexity index is 678. The summed E-state index contributed by atoms with van der Waals surface area (Å²) in [7, 11) is 0. The highest BCUT2D eigenvalue weighted by Crippen LogP contribution is 2.18. The van der Waals surface area contributed by atoms with Gasteiger partial charge in [-0.2, -0.15) is 5.26 Å². The lowest BCUT2D eigenvalue weighted by Gasteiger charge is -2.06. The highest BCUT2D eigenvalue weighted by atomic mass is 32.2. The van der Waals surface area contributed by atoms with Gasteiger partial charge in [-0.1, -0.05) is 18.2 Å². The van der Waals surface area contributed by atoms with Crippen LogP contribution in [0, 0.1) is 11.3 Å². The monoisotopic (exact) mass is 328 g/mol. The van der Waals surface area contributed by atoms with E-state index >= 15 is 0 Å². The summed E-state index contributed by atoms with van der Waals surface area (Å²) in [5.41, 5.74) is 2.41. The summed E-state index contributed by atoms with van der Waals surface area (Å²) in [6, 6.07) is 17.3. The fraction of sp³-hybridized carbons (Fsp3) is 0.176. The number of hydrogen-bond donors (Lipinski definition) is 1. The SMILES string of the molecule is CSc1ccc(CSCC(=O)Nc2cccc(C#N)c2)cc1. The molecule has 0 bridgehead atoms. The molecular weight excluding hydrogens is 312 g/mol. The first-order valence-electron chi connectivity index (χ1n) is 6.72. The van der Waals surface area contributed by atoms with Crippen LogP contribution in [-0.4, -0.2) is 17.9 Å². The maximum absolute atomic E-state index is 11.9. The van der Waals surface area contributed by atoms with Crippen molar-refractivity contribution < 1.29 is 4.79 Å². The second kappa shape index (κ2) is 8.52. The summed E-state index contributed by atoms with van der Waals surface area (Å²) in [6.07, 6.45) is 2.05. The number of carbonyl (C=O) groups excluding carboxylic acids is 1. The molecule has 0 atom stereocenters. The van der Waals surface area contributed by atoms with Gasteiger partial charge in [-0.25, -0.2) is 0 Å². The van der Waals surface area contributed by atoms with Crippen molar-refractivity contribution in [3.05, 3.63) is 59.7 Å². The predicted molar refractivity (Wildman–Crippen MR) is 94.2 cm³/mol. The Morgan fingerprint density at radius 3 is 2.68 bits per heavy atom. The molecule has 2 rings (SSSR count). The zero-order chi connectivity index (χ0) is 15.8. The van der Waals surface area contributed by atoms with Gasteiger partial charge in [0.2, 0.25) is 5.91 Å². The minimum absolute atomic E-state index is 0.0548. The van der Waals surface area contributed by atoms with Gasteiger partial charge in [0, 0.05) is 16.3 Å². The average Bonchev–Trinajstić information content (AvgIpc) is 2.55. The zero-order valence-corrected chi connectivity index (χ0v) is 13.8. The molecule has 0 aliphatic rings. The lowest BCUT2D eigenvalue weighted by Crippen LogP contribution is -2.14. The van der Waals surface area contributed by atoms with Crippen LogP contribution in [0.15, 0.2) is 53.4 Å². The zero-order valence-electron chi connectivity index (χ0n) is 12.2. The molecule has 0 aliphatic heterocycles. The van der Waals surface area contributed by atoms with Crippen molar-refractivity contribution in [1.82, 2.24) is 0 Å². The molecule has 2 aromatic rings. The van der Waals surface area contributed by atoms with E-state index in [0.29, 0.717) is 17.0 Å². The van der Waals surface area contributed by atoms with Gasteiger partial charge in [-0.05, 0) is 42.2 Å². The van der Waals surface area contributed by atoms with Crippen LogP contribution in [0.5, 0.6) is 0 Å². The number of nitriles is 1. The van der Waals surface area contributed by atoms with E-state index in [2.05, 4.69) is 41.9 Å². The van der Waals surface area contributed by atoms with Crippen molar-refractivity contribution in [3.8, 4) is 6.07 Å². The summed E-state index contributed by atoms with van der Waals surface area (Å²) in [5.74, 6) is 1.14. The summed E-state index contributed by atoms with van der Waals surface area (Å²) < 4.78 is 0. The summed E-state index contributed by atoms with van der Waals surface area (Å²) >= 11 is 3.29. The van der Waals surface area contributed by atoms with Crippen molar-refractivity contribution in [2.75, 3.05) is 17.3 Å². The summed E-state index contributed by atoms with van der Waals surface area (Å²) in [5, 5.41) is 11.6. The molecule has 1 amide bonds. The Hall–Kier alpha value is -1.90. The summed E-state index contributed by atoms with van der Waals surface area (Å²) in [4.78, 5) is 13.1. The number of rotatable bonds is 6. The summed E-state index contributed by atoms with van der Waals surface area (Å²) in [6.45, 7) is 0. The van der Waals surface area contributed by atoms with Crippen molar-refractivity contribution >= 4 is 35.1 Å². The van der Waals surface area contributed by atoms with Crippen LogP contribution in [0.25, 0.3) is 0 Å². The topological polar surface area (TPSA) is 52.9 Å². The Balaban J connectivity index is 1.78. The van der Waals surface area contributed by atoms with Gasteiger partial charge in [-0.15, -0.1) is 23.5 Å². The van der Waals surface area contributed by atoms with E-state index in [4.69, 9.17) is 5.26 Å². The standard InChI is InChI=1S/C17H16N2OS2/c1-21-16-7-5-13(6-8-16)11-22-12-17(20)19-15-4-2-3-14(9-15)10-18/h2-9H,11-12H2,1H3,(H,19,20). The lowest BCUT2D eigenvalue weighted by atomic mass is 10.2. The van der Waals surface area contributed by atoms with Crippen molar-refractivity contribution in [2.24, 2.45) is 0 Å². The Kier molecular flexibility index (Phi) is 6.38. The first kappa shape index (κ1) is 16.5. The Morgan fingerprint density at radius 1 is 1.23 bits per heavy atom. The largest absolute Gasteiger partial charge is 0.325 e. The van der Waals surface area contributed by atoms with E-state index in [1.165, 1.54) is 10.5 Å². The fourth-order valence-corrected chi connectivity index (χ4v) is 3.04. The van der Waals surface area contributed by atoms with Crippen LogP contribution in [0.4, 0.5) is 5.69 Å². The van der Waals surface area contributed by atoms with E-state index in [9.17, 15) is 4.79 Å². The lowest BCUT2D eigenvalue weighted by molar-refractivity contribution is -0.113. The third-order valence-electron chi connectivity index (χ3n) is 2.94. The molecule has 0 radical (unpaired) electrons. The number of hydrogen-bond acceptors (Lipinski definition) is 4. The molecule has 3 nitrogen and oxygen atoms in total. The van der Waals surface area contributed by atoms with Crippen molar-refractivity contribution in [2.45, 2.75) is 10.6 Å². The second-order valence-corrected chi connectivity index (χ2v) is 6.45. The minimum Gasteiger partial charge on any atom is -0.325 e. The van der Waals surface area contributed by atoms with Gasteiger partial charge in [0.25, 0.3) is 0 Å². The van der Waals surface area contributed by atoms with Gasteiger partial charge in [-0.3, -0.25) is 4.79 Å². The van der Waals surface area contributed by atoms with E-state index < -0.39 is 0 Å². The molecule has 112 valence electrons. The smallest absolute Gasteiger partial charge is 0.234 e. The number of carbonyl (C=O) groups is 1. The molecule has 0 unspecified atom stereocenters. The van der Waals surface area contributed by atoms with E-state index in [1.54, 1.807) is 47.8 Å². The van der Waals surface area contributed by atoms with Crippen LogP contribution >= 0.6 is 23.5 Å². The van der Waals surface area contributed by atoms with Gasteiger partial charge in [0.1, 0.15) is 0 Å². The van der Waals surface area contributed by atoms with Gasteiger partial charge in [0.05, 0.1) is 17.4 Å². The normalized spacial score (nSPS) is 10.0. The first-order chi connectivity index (χ1) is 10.7. The predicted octanol–water partition coefficient (Wildman–Crippen LogP) is 4.15. The maximum atomic E-state index is 11.9. The van der Waals surface area contributed by atoms with E-state index in [0.717, 1.165) is 5.75 Å². The van der Waals surface area contributed by atoms with Crippen LogP contribution < -0.4 is 5.32 Å². The second-order valence-electron chi connectivity index (χ2n) is 4.58. The van der Waals surface area contributed by atoms with Crippen LogP contribution in [-0.2, 0) is 10.5 Å². The molecule has 0 aliphatic carbocycles. The molecule has 22 heavy (non-hydrogen) atoms. The number of benzene rings is 2. The van der Waals surface area contributed by atoms with E-state index in [-0.39, 0.29) is 5.91 Å². The molecule has 0 fully saturated rings. The molecule has 0 saturated carbocycles. The number of nitrogens with zero attached hydrogens (tertiary/aromatic N) is 1. The Morgan fingerprint density at radius 2 is 2.00 bits per heavy atom. The minimum atomic E-state index is -0.0548. The van der Waals surface area contributed by atoms with Crippen molar-refractivity contribution in [1.29, 1.82) is 5.26 Å². The molecule has 5 heteroatoms. The van der Waals surface area contributed by atoms with Crippen LogP contribution in [0.2, 0.25) is 0 Å². The third kappa shape index (κ3) is 5.14. The maximum Gasteiger partial charge on any atom is 0.234 e. The molecule has 0 heterocycles. The molecule has 0 spiro atoms. The van der Waals surface area contributed by atoms with Gasteiger partial charge >= 0.3 is 0 Å². The molecule has 1 N–H and O–H groups in total. The molecule has 0 aromatic heterocycles. The molecule has 2 aromatic carbocycles. The number of amides is 1. The fourth-order valence-electron chi connectivity index (χ4n) is 1.85. The van der Waals surface area contributed by atoms with Gasteiger partial charge < -0.3 is 5.32 Å². The quantitative estimate of drug-likeness (QED) is 0.809. The number of thioether (sulfide) groups is 2. The Labute approximate surface area is 139 Å². The third-order valence-corrected chi connectivity index (χ3v) is 4.68. The van der Waals surface area contributed by atoms with Crippen LogP contribution in [0.1, 0.15) is 11.1 Å². The first-order valence-corrected chi connectivity index (χ1v) is 9.10. The molecular formula is C17H16N2OS2. The van der Waals surface area contributed by atoms with Crippen LogP contribution in [0.3, 0.4) is 0 Å². The van der Waals surface area contributed by atoms with Crippen molar-refractivity contribution in [3.63, 3.8) is 0 Å². The molecule has 0 saturated heterocycles. The van der Waals surface area contributed by atoms with E-state index in [1.807, 2.05) is 0 Å². The number of nitrogens with one attached hydrogen (secondary N) is 1. The highest BCUT2D eigenvalue weighted by Gasteiger charge is 2.04. The number of anilines is 1. The average molecular weight is 328 g/mol.